The molecule has 0 saturated carbocycles. The van der Waals surface area contributed by atoms with Gasteiger partial charge in [0.25, 0.3) is 5.78 Å². The van der Waals surface area contributed by atoms with E-state index in [2.05, 4.69) is 13.0 Å². The van der Waals surface area contributed by atoms with Crippen LogP contribution in [0.5, 0.6) is 0 Å². The summed E-state index contributed by atoms with van der Waals surface area (Å²) in [6, 6.07) is 3.55. The number of aryl methyl sites for hydroxylation is 1. The molecule has 2 aromatic heterocycles. The minimum Gasteiger partial charge on any atom is -0.287 e. The molecule has 0 bridgehead atoms. The summed E-state index contributed by atoms with van der Waals surface area (Å²) in [6.07, 6.45) is 13.8. The Morgan fingerprint density at radius 1 is 0.862 bits per heavy atom. The van der Waals surface area contributed by atoms with E-state index in [4.69, 9.17) is 0 Å². The quantitative estimate of drug-likeness (QED) is 0.249. The van der Waals surface area contributed by atoms with Crippen molar-refractivity contribution >= 4 is 34.2 Å². The molecular weight excluding hydrogens is 410 g/mol. The van der Waals surface area contributed by atoms with Crippen molar-refractivity contribution in [2.24, 2.45) is 0 Å². The number of hydrogen-bond donors (Lipinski definition) is 0. The van der Waals surface area contributed by atoms with Gasteiger partial charge in [-0.1, -0.05) is 64.7 Å². The number of Topliss-reactive ketones (excluding diaryl/α,β-unsaturated/α-hetero) is 2. The molecule has 0 unspecified atom stereocenters. The number of halogens is 2. The van der Waals surface area contributed by atoms with Crippen molar-refractivity contribution in [2.75, 3.05) is 0 Å². The lowest BCUT2D eigenvalue weighted by Gasteiger charge is -2.05. The Bertz CT molecular complexity index is 815. The first kappa shape index (κ1) is 22.3. The summed E-state index contributed by atoms with van der Waals surface area (Å²) in [7, 11) is 0. The fourth-order valence-electron chi connectivity index (χ4n) is 3.81. The average Bonchev–Trinajstić information content (AvgIpc) is 3.37. The third-order valence-corrected chi connectivity index (χ3v) is 7.79. The fourth-order valence-corrected chi connectivity index (χ4v) is 6.04. The maximum absolute atomic E-state index is 13.6. The Labute approximate surface area is 179 Å². The highest BCUT2D eigenvalue weighted by Crippen LogP contribution is 2.44. The maximum atomic E-state index is 13.6. The number of ketones is 2. The molecule has 3 rings (SSSR count). The second-order valence-corrected chi connectivity index (χ2v) is 9.76. The van der Waals surface area contributed by atoms with E-state index in [9.17, 15) is 18.4 Å². The summed E-state index contributed by atoms with van der Waals surface area (Å²) in [5, 5.41) is 1.99. The van der Waals surface area contributed by atoms with Crippen molar-refractivity contribution in [1.29, 1.82) is 0 Å². The standard InChI is InChI=1S/C23H28F2O2S2/c1-2-3-4-5-6-7-8-9-10-11-12-16-13-14-28-19(16)18-15-17-20(29-18)22(27)23(24,25)21(17)26/h13-15H,2-12H2,1H3. The van der Waals surface area contributed by atoms with Gasteiger partial charge in [-0.05, 0) is 35.9 Å². The molecule has 0 aliphatic heterocycles. The van der Waals surface area contributed by atoms with Crippen LogP contribution in [0.15, 0.2) is 17.5 Å². The van der Waals surface area contributed by atoms with Gasteiger partial charge in [-0.2, -0.15) is 8.78 Å². The fraction of sp³-hybridized carbons (Fsp3) is 0.565. The molecular formula is C23H28F2O2S2. The topological polar surface area (TPSA) is 34.1 Å². The number of alkyl halides is 2. The van der Waals surface area contributed by atoms with Gasteiger partial charge in [0, 0.05) is 15.3 Å². The molecule has 158 valence electrons. The molecule has 0 saturated heterocycles. The first-order valence-electron chi connectivity index (χ1n) is 10.6. The monoisotopic (exact) mass is 438 g/mol. The molecule has 2 nitrogen and oxygen atoms in total. The van der Waals surface area contributed by atoms with E-state index in [1.165, 1.54) is 69.4 Å². The van der Waals surface area contributed by atoms with Gasteiger partial charge < -0.3 is 0 Å². The van der Waals surface area contributed by atoms with Gasteiger partial charge in [0.15, 0.2) is 0 Å². The lowest BCUT2D eigenvalue weighted by Crippen LogP contribution is -2.30. The summed E-state index contributed by atoms with van der Waals surface area (Å²) in [4.78, 5) is 25.3. The van der Waals surface area contributed by atoms with Gasteiger partial charge in [-0.3, -0.25) is 9.59 Å². The Balaban J connectivity index is 1.47. The number of unbranched alkanes of at least 4 members (excludes halogenated alkanes) is 9. The molecule has 0 radical (unpaired) electrons. The zero-order chi connectivity index (χ0) is 20.9. The van der Waals surface area contributed by atoms with E-state index < -0.39 is 17.5 Å². The number of hydrogen-bond acceptors (Lipinski definition) is 4. The highest BCUT2D eigenvalue weighted by atomic mass is 32.1. The largest absolute Gasteiger partial charge is 0.372 e. The Hall–Kier alpha value is -1.40. The molecule has 0 spiro atoms. The van der Waals surface area contributed by atoms with E-state index >= 15 is 0 Å². The molecule has 0 atom stereocenters. The zero-order valence-electron chi connectivity index (χ0n) is 16.9. The summed E-state index contributed by atoms with van der Waals surface area (Å²) in [5.41, 5.74) is 1.07. The van der Waals surface area contributed by atoms with E-state index in [1.54, 1.807) is 11.3 Å². The van der Waals surface area contributed by atoms with Crippen molar-refractivity contribution in [3.05, 3.63) is 33.5 Å². The second kappa shape index (κ2) is 10.1. The minimum absolute atomic E-state index is 0.0895. The van der Waals surface area contributed by atoms with Gasteiger partial charge in [-0.15, -0.1) is 22.7 Å². The number of rotatable bonds is 12. The summed E-state index contributed by atoms with van der Waals surface area (Å²) in [6.45, 7) is 2.24. The van der Waals surface area contributed by atoms with Gasteiger partial charge in [0.1, 0.15) is 0 Å². The first-order valence-corrected chi connectivity index (χ1v) is 12.3. The van der Waals surface area contributed by atoms with Crippen molar-refractivity contribution in [1.82, 2.24) is 0 Å². The van der Waals surface area contributed by atoms with Crippen LogP contribution in [-0.2, 0) is 6.42 Å². The molecule has 0 amide bonds. The molecule has 2 aromatic rings. The van der Waals surface area contributed by atoms with Crippen LogP contribution in [0.25, 0.3) is 9.75 Å². The number of fused-ring (bicyclic) bond motifs is 1. The molecule has 29 heavy (non-hydrogen) atoms. The predicted octanol–water partition coefficient (Wildman–Crippen LogP) is 7.95. The van der Waals surface area contributed by atoms with E-state index in [0.717, 1.165) is 33.9 Å². The second-order valence-electron chi connectivity index (χ2n) is 7.79. The van der Waals surface area contributed by atoms with Gasteiger partial charge in [-0.25, -0.2) is 0 Å². The number of thiophene rings is 2. The van der Waals surface area contributed by atoms with Crippen molar-refractivity contribution in [3.8, 4) is 9.75 Å². The third-order valence-electron chi connectivity index (χ3n) is 5.52. The van der Waals surface area contributed by atoms with Gasteiger partial charge in [0.05, 0.1) is 4.88 Å². The van der Waals surface area contributed by atoms with Crippen LogP contribution in [0.3, 0.4) is 0 Å². The number of carbonyl (C=O) groups excluding carboxylic acids is 2. The van der Waals surface area contributed by atoms with E-state index in [1.807, 2.05) is 5.38 Å². The SMILES string of the molecule is CCCCCCCCCCCCc1ccsc1-c1cc2c(s1)C(=O)C(F)(F)C2=O. The Kier molecular flexibility index (Phi) is 7.74. The van der Waals surface area contributed by atoms with Crippen LogP contribution in [0, 0.1) is 0 Å². The van der Waals surface area contributed by atoms with E-state index in [0.29, 0.717) is 0 Å². The molecule has 0 fully saturated rings. The zero-order valence-corrected chi connectivity index (χ0v) is 18.5. The minimum atomic E-state index is -3.88. The Morgan fingerprint density at radius 2 is 1.48 bits per heavy atom. The third kappa shape index (κ3) is 5.02. The van der Waals surface area contributed by atoms with Crippen LogP contribution in [0.1, 0.15) is 96.7 Å². The van der Waals surface area contributed by atoms with E-state index in [-0.39, 0.29) is 10.4 Å². The maximum Gasteiger partial charge on any atom is 0.372 e. The van der Waals surface area contributed by atoms with Crippen LogP contribution < -0.4 is 0 Å². The molecule has 6 heteroatoms. The predicted molar refractivity (Wildman–Crippen MR) is 117 cm³/mol. The van der Waals surface area contributed by atoms with Crippen LogP contribution >= 0.6 is 22.7 Å². The molecule has 1 aliphatic rings. The summed E-state index contributed by atoms with van der Waals surface area (Å²) >= 11 is 2.57. The lowest BCUT2D eigenvalue weighted by molar-refractivity contribution is 0.0190. The molecule has 1 aliphatic carbocycles. The summed E-state index contributed by atoms with van der Waals surface area (Å²) in [5.74, 6) is -6.58. The van der Waals surface area contributed by atoms with Gasteiger partial charge >= 0.3 is 5.92 Å². The first-order chi connectivity index (χ1) is 14.0. The molecule has 0 N–H and O–H groups in total. The van der Waals surface area contributed by atoms with Gasteiger partial charge in [0.2, 0.25) is 5.78 Å². The average molecular weight is 439 g/mol. The van der Waals surface area contributed by atoms with Crippen molar-refractivity contribution in [3.63, 3.8) is 0 Å². The van der Waals surface area contributed by atoms with Crippen molar-refractivity contribution in [2.45, 2.75) is 83.5 Å². The normalized spacial score (nSPS) is 15.3. The summed E-state index contributed by atoms with van der Waals surface area (Å²) < 4.78 is 27.2. The lowest BCUT2D eigenvalue weighted by atomic mass is 10.0. The smallest absolute Gasteiger partial charge is 0.287 e. The number of carbonyl (C=O) groups is 2. The van der Waals surface area contributed by atoms with Crippen LogP contribution in [-0.4, -0.2) is 17.5 Å². The highest BCUT2D eigenvalue weighted by molar-refractivity contribution is 7.23. The van der Waals surface area contributed by atoms with Crippen LogP contribution in [0.4, 0.5) is 8.78 Å². The molecule has 0 aromatic carbocycles. The molecule has 2 heterocycles. The van der Waals surface area contributed by atoms with Crippen LogP contribution in [0.2, 0.25) is 0 Å². The highest BCUT2D eigenvalue weighted by Gasteiger charge is 2.56. The van der Waals surface area contributed by atoms with Crippen molar-refractivity contribution < 1.29 is 18.4 Å². The Morgan fingerprint density at radius 3 is 2.10 bits per heavy atom.